The molecular weight excluding hydrogens is 737 g/mol. The molecule has 2 aliphatic heterocycles. The molecule has 0 saturated carbocycles. The predicted octanol–water partition coefficient (Wildman–Crippen LogP) is 13.2. The highest BCUT2D eigenvalue weighted by Crippen LogP contribution is 2.52. The lowest BCUT2D eigenvalue weighted by Crippen LogP contribution is -2.54. The largest absolute Gasteiger partial charge is 0.456 e. The SMILES string of the molecule is c1ccc2c(c1)oc1cccc(-c3cc4c5c(c3)N(c3cccc6oc7ccccc7c36)c3c(ccc6oc7ccccc7c36)B5c3ccc5oc6ccccc6c5c3-4)c12. The Balaban J connectivity index is 1.16. The van der Waals surface area contributed by atoms with Crippen molar-refractivity contribution in [3.05, 3.63) is 170 Å². The Bertz CT molecular complexity index is 4050. The fourth-order valence-electron chi connectivity index (χ4n) is 10.9. The monoisotopic (exact) mass is 765 g/mol. The Morgan fingerprint density at radius 2 is 0.850 bits per heavy atom. The van der Waals surface area contributed by atoms with Crippen molar-refractivity contribution < 1.29 is 17.7 Å². The van der Waals surface area contributed by atoms with Crippen LogP contribution in [0.25, 0.3) is 110 Å². The van der Waals surface area contributed by atoms with Crippen LogP contribution in [0, 0.1) is 0 Å². The Morgan fingerprint density at radius 1 is 0.350 bits per heavy atom. The minimum absolute atomic E-state index is 0.0488. The highest BCUT2D eigenvalue weighted by atomic mass is 16.3. The van der Waals surface area contributed by atoms with E-state index in [9.17, 15) is 0 Å². The summed E-state index contributed by atoms with van der Waals surface area (Å²) in [6, 6.07) is 60.3. The van der Waals surface area contributed by atoms with Gasteiger partial charge in [-0.2, -0.15) is 0 Å². The van der Waals surface area contributed by atoms with E-state index in [-0.39, 0.29) is 6.71 Å². The third-order valence-electron chi connectivity index (χ3n) is 13.3. The van der Waals surface area contributed by atoms with Crippen LogP contribution < -0.4 is 21.3 Å². The summed E-state index contributed by atoms with van der Waals surface area (Å²) in [5, 5.41) is 8.80. The Labute approximate surface area is 341 Å². The van der Waals surface area contributed by atoms with Gasteiger partial charge in [-0.1, -0.05) is 109 Å². The van der Waals surface area contributed by atoms with E-state index in [1.807, 2.05) is 12.1 Å². The van der Waals surface area contributed by atoms with Crippen LogP contribution in [-0.2, 0) is 0 Å². The van der Waals surface area contributed by atoms with Crippen molar-refractivity contribution in [1.82, 2.24) is 0 Å². The second kappa shape index (κ2) is 11.0. The number of nitrogens with zero attached hydrogens (tertiary/aromatic N) is 1. The van der Waals surface area contributed by atoms with E-state index in [0.29, 0.717) is 0 Å². The van der Waals surface area contributed by atoms with Crippen LogP contribution in [0.5, 0.6) is 0 Å². The van der Waals surface area contributed by atoms with Gasteiger partial charge in [-0.25, -0.2) is 0 Å². The summed E-state index contributed by atoms with van der Waals surface area (Å²) in [5.74, 6) is 0. The molecule has 4 aromatic heterocycles. The normalized spacial score (nSPS) is 13.3. The molecule has 6 heterocycles. The van der Waals surface area contributed by atoms with Gasteiger partial charge in [-0.15, -0.1) is 0 Å². The van der Waals surface area contributed by atoms with E-state index >= 15 is 0 Å². The van der Waals surface area contributed by atoms with Gasteiger partial charge in [0.1, 0.15) is 44.7 Å². The highest BCUT2D eigenvalue weighted by molar-refractivity contribution is 7.02. The summed E-state index contributed by atoms with van der Waals surface area (Å²) in [6.45, 7) is -0.0488. The number of anilines is 3. The van der Waals surface area contributed by atoms with E-state index in [1.54, 1.807) is 0 Å². The van der Waals surface area contributed by atoms with Crippen molar-refractivity contribution in [3.63, 3.8) is 0 Å². The molecule has 60 heavy (non-hydrogen) atoms. The first-order chi connectivity index (χ1) is 29.8. The van der Waals surface area contributed by atoms with Crippen molar-refractivity contribution in [3.8, 4) is 22.3 Å². The van der Waals surface area contributed by atoms with Crippen LogP contribution in [0.4, 0.5) is 17.1 Å². The van der Waals surface area contributed by atoms with Gasteiger partial charge >= 0.3 is 0 Å². The molecule has 5 nitrogen and oxygen atoms in total. The van der Waals surface area contributed by atoms with Crippen LogP contribution in [0.15, 0.2) is 188 Å². The quantitative estimate of drug-likeness (QED) is 0.164. The van der Waals surface area contributed by atoms with Gasteiger partial charge in [0.25, 0.3) is 0 Å². The molecule has 0 fully saturated rings. The van der Waals surface area contributed by atoms with Crippen LogP contribution in [0.2, 0.25) is 0 Å². The number of hydrogen-bond donors (Lipinski definition) is 0. The first-order valence-electron chi connectivity index (χ1n) is 20.4. The lowest BCUT2D eigenvalue weighted by atomic mass is 9.37. The average Bonchev–Trinajstić information content (AvgIpc) is 4.11. The topological polar surface area (TPSA) is 55.8 Å². The molecule has 0 bridgehead atoms. The van der Waals surface area contributed by atoms with E-state index in [0.717, 1.165) is 116 Å². The number of furan rings is 4. The van der Waals surface area contributed by atoms with E-state index < -0.39 is 0 Å². The zero-order valence-electron chi connectivity index (χ0n) is 31.8. The van der Waals surface area contributed by atoms with Crippen molar-refractivity contribution in [1.29, 1.82) is 0 Å². The second-order valence-corrected chi connectivity index (χ2v) is 16.2. The van der Waals surface area contributed by atoms with Gasteiger partial charge < -0.3 is 22.6 Å². The summed E-state index contributed by atoms with van der Waals surface area (Å²) in [6.07, 6.45) is 0. The zero-order chi connectivity index (χ0) is 38.8. The molecule has 0 amide bonds. The maximum Gasteiger partial charge on any atom is 0.248 e. The van der Waals surface area contributed by atoms with Crippen molar-refractivity contribution in [2.45, 2.75) is 0 Å². The number of fused-ring (bicyclic) bond motifs is 19. The van der Waals surface area contributed by atoms with Gasteiger partial charge in [-0.3, -0.25) is 0 Å². The predicted molar refractivity (Wildman–Crippen MR) is 246 cm³/mol. The molecule has 0 unspecified atom stereocenters. The number of benzene rings is 9. The molecule has 0 saturated heterocycles. The lowest BCUT2D eigenvalue weighted by molar-refractivity contribution is 0.668. The second-order valence-electron chi connectivity index (χ2n) is 16.2. The summed E-state index contributed by atoms with van der Waals surface area (Å²) in [7, 11) is 0. The smallest absolute Gasteiger partial charge is 0.248 e. The molecule has 0 spiro atoms. The standard InChI is InChI=1S/C54H28BNO4/c1-5-17-40-31(11-1)48-30(15-9-21-44(48)57-40)29-27-35-49-36(23-25-46-51(49)33-13-3-7-19-42(33)59-46)55-37-24-26-47-52(34-14-4-8-20-43(34)60-47)54(37)56(39(28-29)53(35)55)38-16-10-22-45-50(38)32-12-2-6-18-41(32)58-45/h1-28H. The maximum absolute atomic E-state index is 6.69. The molecule has 276 valence electrons. The molecule has 13 aromatic rings. The van der Waals surface area contributed by atoms with E-state index in [4.69, 9.17) is 17.7 Å². The minimum atomic E-state index is -0.0488. The fourth-order valence-corrected chi connectivity index (χ4v) is 10.9. The first kappa shape index (κ1) is 31.1. The third-order valence-corrected chi connectivity index (χ3v) is 13.3. The third kappa shape index (κ3) is 3.80. The number of para-hydroxylation sites is 4. The molecule has 2 aliphatic rings. The summed E-state index contributed by atoms with van der Waals surface area (Å²) in [5.41, 5.74) is 18.7. The summed E-state index contributed by atoms with van der Waals surface area (Å²) >= 11 is 0. The molecule has 0 atom stereocenters. The van der Waals surface area contributed by atoms with Crippen LogP contribution in [-0.4, -0.2) is 6.71 Å². The molecule has 0 radical (unpaired) electrons. The number of rotatable bonds is 2. The van der Waals surface area contributed by atoms with Crippen LogP contribution >= 0.6 is 0 Å². The number of hydrogen-bond acceptors (Lipinski definition) is 5. The highest BCUT2D eigenvalue weighted by Gasteiger charge is 2.45. The molecule has 15 rings (SSSR count). The molecule has 9 aromatic carbocycles. The van der Waals surface area contributed by atoms with Gasteiger partial charge in [-0.05, 0) is 99.9 Å². The van der Waals surface area contributed by atoms with Crippen molar-refractivity contribution >= 4 is 128 Å². The molecule has 0 aliphatic carbocycles. The molecule has 0 N–H and O–H groups in total. The van der Waals surface area contributed by atoms with Crippen molar-refractivity contribution in [2.24, 2.45) is 0 Å². The zero-order valence-corrected chi connectivity index (χ0v) is 31.8. The Kier molecular flexibility index (Phi) is 5.67. The van der Waals surface area contributed by atoms with Crippen LogP contribution in [0.1, 0.15) is 0 Å². The minimum Gasteiger partial charge on any atom is -0.456 e. The average molecular weight is 766 g/mol. The molecule has 6 heteroatoms. The van der Waals surface area contributed by atoms with Gasteiger partial charge in [0.2, 0.25) is 6.71 Å². The summed E-state index contributed by atoms with van der Waals surface area (Å²) in [4.78, 5) is 2.52. The van der Waals surface area contributed by atoms with Crippen molar-refractivity contribution in [2.75, 3.05) is 4.90 Å². The Morgan fingerprint density at radius 3 is 1.52 bits per heavy atom. The maximum atomic E-state index is 6.69. The van der Waals surface area contributed by atoms with Gasteiger partial charge in [0.05, 0.1) is 22.1 Å². The van der Waals surface area contributed by atoms with Crippen LogP contribution in [0.3, 0.4) is 0 Å². The fraction of sp³-hybridized carbons (Fsp3) is 0. The van der Waals surface area contributed by atoms with Gasteiger partial charge in [0.15, 0.2) is 0 Å². The Hall–Kier alpha value is -7.96. The van der Waals surface area contributed by atoms with Gasteiger partial charge in [0, 0.05) is 38.0 Å². The summed E-state index contributed by atoms with van der Waals surface area (Å²) < 4.78 is 26.4. The van der Waals surface area contributed by atoms with E-state index in [2.05, 4.69) is 163 Å². The van der Waals surface area contributed by atoms with E-state index in [1.165, 1.54) is 27.5 Å². The molecular formula is C54H28BNO4. The lowest BCUT2D eigenvalue weighted by Gasteiger charge is -2.37. The first-order valence-corrected chi connectivity index (χ1v) is 20.4.